The van der Waals surface area contributed by atoms with E-state index < -0.39 is 0 Å². The maximum Gasteiger partial charge on any atom is 0.134 e. The Morgan fingerprint density at radius 3 is 2.29 bits per heavy atom. The van der Waals surface area contributed by atoms with Crippen LogP contribution in [0.2, 0.25) is 0 Å². The van der Waals surface area contributed by atoms with Crippen LogP contribution in [-0.4, -0.2) is 24.8 Å². The van der Waals surface area contributed by atoms with Crippen LogP contribution < -0.4 is 0 Å². The zero-order valence-corrected chi connectivity index (χ0v) is 8.98. The summed E-state index contributed by atoms with van der Waals surface area (Å²) in [5, 5.41) is 7.72. The minimum atomic E-state index is -0.318. The van der Waals surface area contributed by atoms with E-state index in [0.717, 1.165) is 11.1 Å². The molecule has 0 amide bonds. The highest BCUT2D eigenvalue weighted by molar-refractivity contribution is 5.97. The van der Waals surface area contributed by atoms with Crippen LogP contribution >= 0.6 is 0 Å². The Hall–Kier alpha value is -1.38. The third-order valence-corrected chi connectivity index (χ3v) is 2.12. The molecule has 0 heterocycles. The van der Waals surface area contributed by atoms with E-state index in [-0.39, 0.29) is 11.7 Å². The van der Waals surface area contributed by atoms with Crippen molar-refractivity contribution < 1.29 is 4.39 Å². The summed E-state index contributed by atoms with van der Waals surface area (Å²) in [7, 11) is 3.47. The smallest absolute Gasteiger partial charge is 0.134 e. The van der Waals surface area contributed by atoms with Crippen LogP contribution in [-0.2, 0) is 0 Å². The minimum Gasteiger partial charge on any atom is -0.363 e. The van der Waals surface area contributed by atoms with Crippen LogP contribution in [0.25, 0.3) is 0 Å². The number of hydrogen-bond donors (Lipinski definition) is 1. The number of halogens is 1. The largest absolute Gasteiger partial charge is 0.363 e. The molecule has 1 rings (SSSR count). The molecule has 0 aliphatic heterocycles. The van der Waals surface area contributed by atoms with Gasteiger partial charge in [-0.3, -0.25) is 5.41 Å². The van der Waals surface area contributed by atoms with Crippen molar-refractivity contribution in [2.45, 2.75) is 13.8 Å². The molecule has 1 aromatic carbocycles. The summed E-state index contributed by atoms with van der Waals surface area (Å²) in [5.41, 5.74) is 2.08. The van der Waals surface area contributed by atoms with E-state index in [0.29, 0.717) is 5.56 Å². The first-order chi connectivity index (χ1) is 6.43. The Labute approximate surface area is 83.9 Å². The molecule has 0 atom stereocenters. The molecule has 0 aliphatic rings. The van der Waals surface area contributed by atoms with Crippen molar-refractivity contribution in [2.75, 3.05) is 14.1 Å². The molecular weight excluding hydrogens is 179 g/mol. The second-order valence-electron chi connectivity index (χ2n) is 3.68. The average Bonchev–Trinajstić information content (AvgIpc) is 2.01. The van der Waals surface area contributed by atoms with Crippen molar-refractivity contribution in [2.24, 2.45) is 0 Å². The first kappa shape index (κ1) is 10.7. The lowest BCUT2D eigenvalue weighted by atomic mass is 10.0. The molecule has 3 heteroatoms. The summed E-state index contributed by atoms with van der Waals surface area (Å²) in [5.74, 6) is -0.110. The molecule has 1 N–H and O–H groups in total. The fourth-order valence-corrected chi connectivity index (χ4v) is 1.44. The van der Waals surface area contributed by atoms with Crippen molar-refractivity contribution in [3.05, 3.63) is 34.6 Å². The highest BCUT2D eigenvalue weighted by Gasteiger charge is 2.13. The van der Waals surface area contributed by atoms with E-state index in [4.69, 9.17) is 5.41 Å². The molecule has 0 fully saturated rings. The van der Waals surface area contributed by atoms with Gasteiger partial charge in [-0.25, -0.2) is 4.39 Å². The van der Waals surface area contributed by atoms with Crippen LogP contribution in [0.15, 0.2) is 12.1 Å². The second kappa shape index (κ2) is 3.78. The molecule has 0 saturated carbocycles. The van der Waals surface area contributed by atoms with Crippen molar-refractivity contribution in [1.82, 2.24) is 4.90 Å². The molecule has 0 aliphatic carbocycles. The van der Waals surface area contributed by atoms with Crippen LogP contribution in [0.5, 0.6) is 0 Å². The summed E-state index contributed by atoms with van der Waals surface area (Å²) in [6.07, 6.45) is 0. The molecule has 0 spiro atoms. The molecular formula is C11H15FN2. The Morgan fingerprint density at radius 1 is 1.29 bits per heavy atom. The summed E-state index contributed by atoms with van der Waals surface area (Å²) in [4.78, 5) is 1.60. The number of nitrogens with one attached hydrogen (secondary N) is 1. The minimum absolute atomic E-state index is 0.208. The molecule has 0 saturated heterocycles. The van der Waals surface area contributed by atoms with Gasteiger partial charge in [0.25, 0.3) is 0 Å². The van der Waals surface area contributed by atoms with Gasteiger partial charge in [0.2, 0.25) is 0 Å². The van der Waals surface area contributed by atoms with Crippen molar-refractivity contribution in [3.8, 4) is 0 Å². The fraction of sp³-hybridized carbons (Fsp3) is 0.364. The lowest BCUT2D eigenvalue weighted by Gasteiger charge is -2.16. The predicted molar refractivity (Wildman–Crippen MR) is 56.4 cm³/mol. The summed E-state index contributed by atoms with van der Waals surface area (Å²) in [6.45, 7) is 3.67. The molecule has 2 nitrogen and oxygen atoms in total. The van der Waals surface area contributed by atoms with Crippen molar-refractivity contribution >= 4 is 5.84 Å². The van der Waals surface area contributed by atoms with Gasteiger partial charge in [-0.2, -0.15) is 0 Å². The van der Waals surface area contributed by atoms with Gasteiger partial charge >= 0.3 is 0 Å². The van der Waals surface area contributed by atoms with Crippen LogP contribution in [0.3, 0.4) is 0 Å². The van der Waals surface area contributed by atoms with Gasteiger partial charge in [-0.1, -0.05) is 6.07 Å². The molecule has 0 radical (unpaired) electrons. The number of rotatable bonds is 1. The summed E-state index contributed by atoms with van der Waals surface area (Å²) < 4.78 is 13.6. The van der Waals surface area contributed by atoms with E-state index in [1.807, 2.05) is 19.9 Å². The highest BCUT2D eigenvalue weighted by Crippen LogP contribution is 2.16. The topological polar surface area (TPSA) is 27.1 Å². The summed E-state index contributed by atoms with van der Waals surface area (Å²) >= 11 is 0. The van der Waals surface area contributed by atoms with Gasteiger partial charge in [0.05, 0.1) is 5.56 Å². The number of amidine groups is 1. The monoisotopic (exact) mass is 194 g/mol. The first-order valence-electron chi connectivity index (χ1n) is 4.46. The SMILES string of the molecule is Cc1cc(C)c(C(=N)N(C)C)c(F)c1. The van der Waals surface area contributed by atoms with Gasteiger partial charge in [0, 0.05) is 14.1 Å². The Morgan fingerprint density at radius 2 is 1.86 bits per heavy atom. The zero-order valence-electron chi connectivity index (χ0n) is 8.98. The Balaban J connectivity index is 3.28. The zero-order chi connectivity index (χ0) is 10.9. The van der Waals surface area contributed by atoms with Crippen LogP contribution in [0.1, 0.15) is 16.7 Å². The first-order valence-corrected chi connectivity index (χ1v) is 4.46. The van der Waals surface area contributed by atoms with E-state index in [1.54, 1.807) is 19.0 Å². The highest BCUT2D eigenvalue weighted by atomic mass is 19.1. The average molecular weight is 194 g/mol. The van der Waals surface area contributed by atoms with Crippen molar-refractivity contribution in [3.63, 3.8) is 0 Å². The molecule has 76 valence electrons. The lowest BCUT2D eigenvalue weighted by molar-refractivity contribution is 0.591. The summed E-state index contributed by atoms with van der Waals surface area (Å²) in [6, 6.07) is 3.34. The van der Waals surface area contributed by atoms with Gasteiger partial charge < -0.3 is 4.90 Å². The Kier molecular flexibility index (Phi) is 2.89. The third kappa shape index (κ3) is 1.92. The maximum absolute atomic E-state index is 13.6. The van der Waals surface area contributed by atoms with E-state index in [9.17, 15) is 4.39 Å². The third-order valence-electron chi connectivity index (χ3n) is 2.12. The van der Waals surface area contributed by atoms with E-state index in [2.05, 4.69) is 0 Å². The fourth-order valence-electron chi connectivity index (χ4n) is 1.44. The molecule has 0 bridgehead atoms. The van der Waals surface area contributed by atoms with Crippen LogP contribution in [0, 0.1) is 25.1 Å². The van der Waals surface area contributed by atoms with E-state index in [1.165, 1.54) is 6.07 Å². The van der Waals surface area contributed by atoms with Gasteiger partial charge in [0.15, 0.2) is 0 Å². The van der Waals surface area contributed by atoms with Gasteiger partial charge in [0.1, 0.15) is 11.7 Å². The molecule has 0 unspecified atom stereocenters. The molecule has 14 heavy (non-hydrogen) atoms. The second-order valence-corrected chi connectivity index (χ2v) is 3.68. The number of hydrogen-bond acceptors (Lipinski definition) is 1. The Bertz CT molecular complexity index is 347. The normalized spacial score (nSPS) is 10.1. The van der Waals surface area contributed by atoms with Gasteiger partial charge in [-0.15, -0.1) is 0 Å². The quantitative estimate of drug-likeness (QED) is 0.539. The van der Waals surface area contributed by atoms with E-state index >= 15 is 0 Å². The number of aryl methyl sites for hydroxylation is 2. The van der Waals surface area contributed by atoms with Crippen molar-refractivity contribution in [1.29, 1.82) is 5.41 Å². The standard InChI is InChI=1S/C11H15FN2/c1-7-5-8(2)10(9(12)6-7)11(13)14(3)4/h5-6,13H,1-4H3. The maximum atomic E-state index is 13.6. The predicted octanol–water partition coefficient (Wildman–Crippen LogP) is 2.33. The lowest BCUT2D eigenvalue weighted by Crippen LogP contribution is -2.24. The number of nitrogens with zero attached hydrogens (tertiary/aromatic N) is 1. The molecule has 1 aromatic rings. The van der Waals surface area contributed by atoms with Crippen LogP contribution in [0.4, 0.5) is 4.39 Å². The molecule has 0 aromatic heterocycles. The van der Waals surface area contributed by atoms with Gasteiger partial charge in [-0.05, 0) is 31.0 Å². The number of benzene rings is 1.